The molecule has 162 valence electrons. The first-order chi connectivity index (χ1) is 15.5. The Labute approximate surface area is 189 Å². The first kappa shape index (κ1) is 20.4. The quantitative estimate of drug-likeness (QED) is 0.477. The number of rotatable bonds is 4. The molecule has 0 aliphatic heterocycles. The van der Waals surface area contributed by atoms with Gasteiger partial charge in [0.1, 0.15) is 17.1 Å². The van der Waals surface area contributed by atoms with Crippen LogP contribution in [0.4, 0.5) is 11.6 Å². The highest BCUT2D eigenvalue weighted by molar-refractivity contribution is 6.35. The lowest BCUT2D eigenvalue weighted by molar-refractivity contribution is -0.119. The zero-order chi connectivity index (χ0) is 22.2. The number of hydrogen-bond donors (Lipinski definition) is 2. The third kappa shape index (κ3) is 3.78. The summed E-state index contributed by atoms with van der Waals surface area (Å²) in [5.74, 6) is 0.311. The van der Waals surface area contributed by atoms with Crippen LogP contribution in [0.5, 0.6) is 0 Å². The lowest BCUT2D eigenvalue weighted by Gasteiger charge is -2.15. The van der Waals surface area contributed by atoms with Crippen LogP contribution in [0, 0.1) is 5.92 Å². The maximum absolute atomic E-state index is 12.7. The first-order valence-corrected chi connectivity index (χ1v) is 10.9. The zero-order valence-corrected chi connectivity index (χ0v) is 18.3. The van der Waals surface area contributed by atoms with Crippen molar-refractivity contribution in [3.8, 4) is 22.6 Å². The van der Waals surface area contributed by atoms with Crippen molar-refractivity contribution in [2.75, 3.05) is 11.1 Å². The Hall–Kier alpha value is -3.52. The summed E-state index contributed by atoms with van der Waals surface area (Å²) in [6.45, 7) is 0. The number of halogens is 1. The van der Waals surface area contributed by atoms with Crippen molar-refractivity contribution in [1.82, 2.24) is 24.7 Å². The molecule has 1 saturated carbocycles. The van der Waals surface area contributed by atoms with Crippen LogP contribution >= 0.6 is 11.6 Å². The lowest BCUT2D eigenvalue weighted by Crippen LogP contribution is -2.22. The van der Waals surface area contributed by atoms with Gasteiger partial charge in [-0.25, -0.2) is 9.97 Å². The van der Waals surface area contributed by atoms with Gasteiger partial charge < -0.3 is 11.1 Å². The Morgan fingerprint density at radius 2 is 2.00 bits per heavy atom. The number of nitrogens with zero attached hydrogens (tertiary/aromatic N) is 5. The van der Waals surface area contributed by atoms with Crippen LogP contribution in [-0.4, -0.2) is 30.6 Å². The molecule has 3 aromatic heterocycles. The number of fused-ring (bicyclic) bond motifs is 1. The van der Waals surface area contributed by atoms with E-state index in [1.165, 1.54) is 0 Å². The molecular formula is C23H22ClN7O. The third-order valence-electron chi connectivity index (χ3n) is 5.78. The standard InChI is InChI=1S/C23H22ClN7O/c1-31-10-8-17(30-31)20-19(15-11-14-7-4-9-26-18(14)16(24)12-15)28-22(21(25)27-20)29-23(32)13-5-2-3-6-13/h4,7-13H,2-3,5-6H2,1H3,(H2,25,27)(H,28,29,32). The summed E-state index contributed by atoms with van der Waals surface area (Å²) in [6, 6.07) is 9.37. The number of amides is 1. The van der Waals surface area contributed by atoms with Crippen LogP contribution in [0.3, 0.4) is 0 Å². The number of benzene rings is 1. The maximum atomic E-state index is 12.7. The molecule has 4 aromatic rings. The number of carbonyl (C=O) groups excluding carboxylic acids is 1. The summed E-state index contributed by atoms with van der Waals surface area (Å²) in [5, 5.41) is 8.73. The predicted octanol–water partition coefficient (Wildman–Crippen LogP) is 4.46. The fourth-order valence-corrected chi connectivity index (χ4v) is 4.43. The van der Waals surface area contributed by atoms with E-state index in [0.29, 0.717) is 27.6 Å². The second-order valence-electron chi connectivity index (χ2n) is 8.03. The van der Waals surface area contributed by atoms with Crippen LogP contribution in [0.1, 0.15) is 25.7 Å². The summed E-state index contributed by atoms with van der Waals surface area (Å²) in [7, 11) is 1.83. The van der Waals surface area contributed by atoms with Crippen molar-refractivity contribution >= 4 is 40.0 Å². The van der Waals surface area contributed by atoms with Gasteiger partial charge in [0.05, 0.1) is 10.5 Å². The molecule has 0 unspecified atom stereocenters. The second-order valence-corrected chi connectivity index (χ2v) is 8.44. The maximum Gasteiger partial charge on any atom is 0.228 e. The number of aryl methyl sites for hydroxylation is 1. The van der Waals surface area contributed by atoms with E-state index in [9.17, 15) is 4.79 Å². The highest BCUT2D eigenvalue weighted by Gasteiger charge is 2.25. The number of nitrogens with one attached hydrogen (secondary N) is 1. The Balaban J connectivity index is 1.65. The van der Waals surface area contributed by atoms with Crippen molar-refractivity contribution in [2.24, 2.45) is 13.0 Å². The number of anilines is 2. The van der Waals surface area contributed by atoms with Gasteiger partial charge in [-0.05, 0) is 37.1 Å². The van der Waals surface area contributed by atoms with Gasteiger partial charge in [0.25, 0.3) is 0 Å². The normalized spacial score (nSPS) is 14.2. The molecule has 0 radical (unpaired) electrons. The molecule has 1 aliphatic carbocycles. The van der Waals surface area contributed by atoms with E-state index in [4.69, 9.17) is 22.3 Å². The molecule has 1 amide bonds. The minimum atomic E-state index is -0.0687. The average Bonchev–Trinajstić information content (AvgIpc) is 3.47. The van der Waals surface area contributed by atoms with E-state index in [0.717, 1.165) is 36.6 Å². The zero-order valence-electron chi connectivity index (χ0n) is 17.5. The Morgan fingerprint density at radius 1 is 1.19 bits per heavy atom. The number of hydrogen-bond acceptors (Lipinski definition) is 6. The van der Waals surface area contributed by atoms with Gasteiger partial charge in [-0.1, -0.05) is 30.5 Å². The van der Waals surface area contributed by atoms with Crippen LogP contribution < -0.4 is 11.1 Å². The summed E-state index contributed by atoms with van der Waals surface area (Å²) in [5.41, 5.74) is 9.33. The minimum absolute atomic E-state index is 0.0173. The van der Waals surface area contributed by atoms with E-state index >= 15 is 0 Å². The largest absolute Gasteiger partial charge is 0.381 e. The number of carbonyl (C=O) groups is 1. The minimum Gasteiger partial charge on any atom is -0.381 e. The van der Waals surface area contributed by atoms with E-state index in [1.54, 1.807) is 16.9 Å². The van der Waals surface area contributed by atoms with Gasteiger partial charge in [0, 0.05) is 36.3 Å². The van der Waals surface area contributed by atoms with Gasteiger partial charge in [-0.3, -0.25) is 14.5 Å². The monoisotopic (exact) mass is 447 g/mol. The molecule has 5 rings (SSSR count). The van der Waals surface area contributed by atoms with E-state index in [1.807, 2.05) is 37.5 Å². The summed E-state index contributed by atoms with van der Waals surface area (Å²) in [4.78, 5) is 26.4. The van der Waals surface area contributed by atoms with E-state index in [2.05, 4.69) is 20.4 Å². The topological polar surface area (TPSA) is 112 Å². The van der Waals surface area contributed by atoms with Gasteiger partial charge in [-0.2, -0.15) is 5.10 Å². The van der Waals surface area contributed by atoms with Crippen molar-refractivity contribution < 1.29 is 4.79 Å². The first-order valence-electron chi connectivity index (χ1n) is 10.5. The Bertz CT molecular complexity index is 1330. The molecule has 0 saturated heterocycles. The van der Waals surface area contributed by atoms with Crippen LogP contribution in [0.25, 0.3) is 33.5 Å². The molecule has 0 spiro atoms. The van der Waals surface area contributed by atoms with Crippen LogP contribution in [0.2, 0.25) is 5.02 Å². The Kier molecular flexibility index (Phi) is 5.22. The molecule has 1 fully saturated rings. The molecule has 0 atom stereocenters. The van der Waals surface area contributed by atoms with Crippen molar-refractivity contribution in [3.05, 3.63) is 47.7 Å². The summed E-state index contributed by atoms with van der Waals surface area (Å²) in [6.07, 6.45) is 7.41. The molecule has 0 bridgehead atoms. The molecule has 1 aliphatic rings. The van der Waals surface area contributed by atoms with E-state index < -0.39 is 0 Å². The third-order valence-corrected chi connectivity index (χ3v) is 6.07. The van der Waals surface area contributed by atoms with Gasteiger partial charge in [0.15, 0.2) is 11.6 Å². The second kappa shape index (κ2) is 8.20. The highest BCUT2D eigenvalue weighted by Crippen LogP contribution is 2.35. The Morgan fingerprint density at radius 3 is 2.75 bits per heavy atom. The molecular weight excluding hydrogens is 426 g/mol. The smallest absolute Gasteiger partial charge is 0.228 e. The molecule has 3 N–H and O–H groups in total. The van der Waals surface area contributed by atoms with Crippen molar-refractivity contribution in [2.45, 2.75) is 25.7 Å². The van der Waals surface area contributed by atoms with Crippen molar-refractivity contribution in [1.29, 1.82) is 0 Å². The average molecular weight is 448 g/mol. The van der Waals surface area contributed by atoms with Gasteiger partial charge in [0.2, 0.25) is 5.91 Å². The highest BCUT2D eigenvalue weighted by atomic mass is 35.5. The fraction of sp³-hybridized carbons (Fsp3) is 0.261. The van der Waals surface area contributed by atoms with Gasteiger partial charge >= 0.3 is 0 Å². The molecule has 32 heavy (non-hydrogen) atoms. The summed E-state index contributed by atoms with van der Waals surface area (Å²) >= 11 is 6.53. The van der Waals surface area contributed by atoms with Crippen LogP contribution in [-0.2, 0) is 11.8 Å². The van der Waals surface area contributed by atoms with Crippen LogP contribution in [0.15, 0.2) is 42.7 Å². The van der Waals surface area contributed by atoms with Crippen molar-refractivity contribution in [3.63, 3.8) is 0 Å². The predicted molar refractivity (Wildman–Crippen MR) is 125 cm³/mol. The van der Waals surface area contributed by atoms with Gasteiger partial charge in [-0.15, -0.1) is 0 Å². The van der Waals surface area contributed by atoms with E-state index in [-0.39, 0.29) is 23.5 Å². The number of nitrogen functional groups attached to an aromatic ring is 1. The number of pyridine rings is 1. The SMILES string of the molecule is Cn1ccc(-c2nc(N)c(NC(=O)C3CCCC3)nc2-c2cc(Cl)c3ncccc3c2)n1. The lowest BCUT2D eigenvalue weighted by atomic mass is 10.0. The molecule has 8 nitrogen and oxygen atoms in total. The molecule has 3 heterocycles. The fourth-order valence-electron chi connectivity index (χ4n) is 4.15. The molecule has 9 heteroatoms. The molecule has 1 aromatic carbocycles. The summed E-state index contributed by atoms with van der Waals surface area (Å²) < 4.78 is 1.68. The number of aromatic nitrogens is 5. The number of nitrogens with two attached hydrogens (primary N) is 1.